The molecule has 20 heavy (non-hydrogen) atoms. The van der Waals surface area contributed by atoms with Crippen LogP contribution in [0.2, 0.25) is 0 Å². The van der Waals surface area contributed by atoms with Gasteiger partial charge in [-0.05, 0) is 25.1 Å². The van der Waals surface area contributed by atoms with Crippen LogP contribution >= 0.6 is 0 Å². The van der Waals surface area contributed by atoms with E-state index >= 15 is 0 Å². The summed E-state index contributed by atoms with van der Waals surface area (Å²) in [4.78, 5) is 4.38. The largest absolute Gasteiger partial charge is 0.339 e. The van der Waals surface area contributed by atoms with Crippen molar-refractivity contribution in [3.63, 3.8) is 0 Å². The van der Waals surface area contributed by atoms with Gasteiger partial charge in [0.1, 0.15) is 5.82 Å². The van der Waals surface area contributed by atoms with Crippen molar-refractivity contribution in [2.45, 2.75) is 38.6 Å². The molecule has 0 bridgehead atoms. The van der Waals surface area contributed by atoms with E-state index in [1.165, 1.54) is 6.07 Å². The molecule has 0 radical (unpaired) electrons. The SMILES string of the molecule is CCC(NC)C(C)c1nc(Cc2ccccc2F)no1. The number of rotatable bonds is 6. The Morgan fingerprint density at radius 2 is 2.10 bits per heavy atom. The standard InChI is InChI=1S/C15H20FN3O/c1-4-13(17-3)10(2)15-18-14(19-20-15)9-11-7-5-6-8-12(11)16/h5-8,10,13,17H,4,9H2,1-3H3. The number of benzene rings is 1. The van der Waals surface area contributed by atoms with E-state index in [4.69, 9.17) is 4.52 Å². The molecule has 4 nitrogen and oxygen atoms in total. The molecule has 1 aromatic carbocycles. The zero-order valence-corrected chi connectivity index (χ0v) is 12.1. The average molecular weight is 277 g/mol. The van der Waals surface area contributed by atoms with Gasteiger partial charge in [-0.2, -0.15) is 4.98 Å². The molecule has 0 aliphatic rings. The fourth-order valence-electron chi connectivity index (χ4n) is 2.32. The fourth-order valence-corrected chi connectivity index (χ4v) is 2.32. The summed E-state index contributed by atoms with van der Waals surface area (Å²) in [5.74, 6) is 1.00. The summed E-state index contributed by atoms with van der Waals surface area (Å²) in [6, 6.07) is 6.93. The van der Waals surface area contributed by atoms with Crippen molar-refractivity contribution in [1.82, 2.24) is 15.5 Å². The molecular formula is C15H20FN3O. The molecule has 1 heterocycles. The number of halogens is 1. The molecule has 0 spiro atoms. The number of hydrogen-bond donors (Lipinski definition) is 1. The minimum Gasteiger partial charge on any atom is -0.339 e. The minimum atomic E-state index is -0.242. The molecule has 2 aromatic rings. The number of likely N-dealkylation sites (N-methyl/N-ethyl adjacent to an activating group) is 1. The van der Waals surface area contributed by atoms with Gasteiger partial charge in [-0.25, -0.2) is 4.39 Å². The van der Waals surface area contributed by atoms with E-state index in [0.717, 1.165) is 6.42 Å². The molecule has 0 saturated heterocycles. The number of aromatic nitrogens is 2. The highest BCUT2D eigenvalue weighted by Crippen LogP contribution is 2.20. The third-order valence-electron chi connectivity index (χ3n) is 3.59. The molecule has 0 aliphatic heterocycles. The molecule has 108 valence electrons. The first kappa shape index (κ1) is 14.7. The van der Waals surface area contributed by atoms with Crippen molar-refractivity contribution in [3.05, 3.63) is 47.4 Å². The van der Waals surface area contributed by atoms with Gasteiger partial charge in [0.05, 0.1) is 5.92 Å². The van der Waals surface area contributed by atoms with E-state index in [1.54, 1.807) is 18.2 Å². The van der Waals surface area contributed by atoms with Gasteiger partial charge < -0.3 is 9.84 Å². The van der Waals surface area contributed by atoms with Gasteiger partial charge in [0.2, 0.25) is 5.89 Å². The van der Waals surface area contributed by atoms with Gasteiger partial charge in [0, 0.05) is 12.5 Å². The van der Waals surface area contributed by atoms with E-state index in [9.17, 15) is 4.39 Å². The van der Waals surface area contributed by atoms with E-state index in [2.05, 4.69) is 22.4 Å². The number of hydrogen-bond acceptors (Lipinski definition) is 4. The predicted octanol–water partition coefficient (Wildman–Crippen LogP) is 2.90. The minimum absolute atomic E-state index is 0.131. The van der Waals surface area contributed by atoms with Crippen LogP contribution in [0, 0.1) is 5.82 Å². The van der Waals surface area contributed by atoms with Gasteiger partial charge in [0.15, 0.2) is 5.82 Å². The highest BCUT2D eigenvalue weighted by atomic mass is 19.1. The van der Waals surface area contributed by atoms with Crippen LogP contribution in [0.4, 0.5) is 4.39 Å². The topological polar surface area (TPSA) is 51.0 Å². The molecule has 2 rings (SSSR count). The summed E-state index contributed by atoms with van der Waals surface area (Å²) in [5, 5.41) is 7.17. The number of nitrogens with one attached hydrogen (secondary N) is 1. The molecule has 0 amide bonds. The van der Waals surface area contributed by atoms with Crippen LogP contribution in [-0.2, 0) is 6.42 Å². The van der Waals surface area contributed by atoms with Crippen LogP contribution in [0.3, 0.4) is 0 Å². The predicted molar refractivity (Wildman–Crippen MR) is 75.1 cm³/mol. The third kappa shape index (κ3) is 3.22. The Balaban J connectivity index is 2.11. The molecule has 2 atom stereocenters. The molecule has 1 aromatic heterocycles. The molecule has 0 saturated carbocycles. The van der Waals surface area contributed by atoms with Gasteiger partial charge in [0.25, 0.3) is 0 Å². The smallest absolute Gasteiger partial charge is 0.231 e. The first-order chi connectivity index (χ1) is 9.65. The van der Waals surface area contributed by atoms with Crippen molar-refractivity contribution in [3.8, 4) is 0 Å². The van der Waals surface area contributed by atoms with Crippen molar-refractivity contribution >= 4 is 0 Å². The lowest BCUT2D eigenvalue weighted by molar-refractivity contribution is 0.324. The van der Waals surface area contributed by atoms with Gasteiger partial charge in [-0.3, -0.25) is 0 Å². The van der Waals surface area contributed by atoms with Crippen LogP contribution in [-0.4, -0.2) is 23.2 Å². The normalized spacial score (nSPS) is 14.2. The van der Waals surface area contributed by atoms with Crippen molar-refractivity contribution in [2.75, 3.05) is 7.05 Å². The maximum atomic E-state index is 13.6. The summed E-state index contributed by atoms with van der Waals surface area (Å²) < 4.78 is 18.9. The Labute approximate surface area is 118 Å². The fraction of sp³-hybridized carbons (Fsp3) is 0.467. The lowest BCUT2D eigenvalue weighted by Crippen LogP contribution is -2.30. The van der Waals surface area contributed by atoms with E-state index in [-0.39, 0.29) is 17.8 Å². The average Bonchev–Trinajstić information content (AvgIpc) is 2.91. The monoisotopic (exact) mass is 277 g/mol. The maximum Gasteiger partial charge on any atom is 0.231 e. The number of nitrogens with zero attached hydrogens (tertiary/aromatic N) is 2. The second kappa shape index (κ2) is 6.61. The molecule has 1 N–H and O–H groups in total. The van der Waals surface area contributed by atoms with E-state index in [1.807, 2.05) is 14.0 Å². The van der Waals surface area contributed by atoms with Gasteiger partial charge in [-0.15, -0.1) is 0 Å². The van der Waals surface area contributed by atoms with Crippen LogP contribution in [0.5, 0.6) is 0 Å². The second-order valence-electron chi connectivity index (χ2n) is 4.91. The Bertz CT molecular complexity index is 552. The van der Waals surface area contributed by atoms with Crippen LogP contribution in [0.1, 0.15) is 43.5 Å². The first-order valence-electron chi connectivity index (χ1n) is 6.88. The Kier molecular flexibility index (Phi) is 4.84. The van der Waals surface area contributed by atoms with Crippen LogP contribution in [0.15, 0.2) is 28.8 Å². The summed E-state index contributed by atoms with van der Waals surface area (Å²) >= 11 is 0. The van der Waals surface area contributed by atoms with Gasteiger partial charge >= 0.3 is 0 Å². The second-order valence-corrected chi connectivity index (χ2v) is 4.91. The highest BCUT2D eigenvalue weighted by molar-refractivity contribution is 5.20. The molecule has 0 fully saturated rings. The summed E-state index contributed by atoms with van der Waals surface area (Å²) in [5.41, 5.74) is 0.577. The van der Waals surface area contributed by atoms with Crippen molar-refractivity contribution < 1.29 is 8.91 Å². The summed E-state index contributed by atoms with van der Waals surface area (Å²) in [6.45, 7) is 4.15. The molecule has 0 aliphatic carbocycles. The highest BCUT2D eigenvalue weighted by Gasteiger charge is 2.21. The van der Waals surface area contributed by atoms with Crippen molar-refractivity contribution in [2.24, 2.45) is 0 Å². The van der Waals surface area contributed by atoms with Crippen molar-refractivity contribution in [1.29, 1.82) is 0 Å². The quantitative estimate of drug-likeness (QED) is 0.882. The lowest BCUT2D eigenvalue weighted by Gasteiger charge is -2.18. The molecular weight excluding hydrogens is 257 g/mol. The maximum absolute atomic E-state index is 13.6. The molecule has 5 heteroatoms. The first-order valence-corrected chi connectivity index (χ1v) is 6.88. The Hall–Kier alpha value is -1.75. The van der Waals surface area contributed by atoms with E-state index in [0.29, 0.717) is 23.7 Å². The van der Waals surface area contributed by atoms with E-state index < -0.39 is 0 Å². The van der Waals surface area contributed by atoms with Crippen LogP contribution < -0.4 is 5.32 Å². The van der Waals surface area contributed by atoms with Crippen LogP contribution in [0.25, 0.3) is 0 Å². The molecule has 2 unspecified atom stereocenters. The lowest BCUT2D eigenvalue weighted by atomic mass is 10.00. The summed E-state index contributed by atoms with van der Waals surface area (Å²) in [6.07, 6.45) is 1.32. The third-order valence-corrected chi connectivity index (χ3v) is 3.59. The Morgan fingerprint density at radius 1 is 1.35 bits per heavy atom. The zero-order chi connectivity index (χ0) is 14.5. The summed E-state index contributed by atoms with van der Waals surface area (Å²) in [7, 11) is 1.92. The van der Waals surface area contributed by atoms with Gasteiger partial charge in [-0.1, -0.05) is 37.2 Å². The Morgan fingerprint density at radius 3 is 2.75 bits per heavy atom. The zero-order valence-electron chi connectivity index (χ0n) is 12.1.